The van der Waals surface area contributed by atoms with Crippen LogP contribution in [-0.4, -0.2) is 14.9 Å². The monoisotopic (exact) mass is 316 g/mol. The topological polar surface area (TPSA) is 61.1 Å². The van der Waals surface area contributed by atoms with Gasteiger partial charge in [0.2, 0.25) is 0 Å². The van der Waals surface area contributed by atoms with Crippen molar-refractivity contribution in [3.63, 3.8) is 0 Å². The van der Waals surface area contributed by atoms with Crippen LogP contribution < -0.4 is 11.2 Å². The van der Waals surface area contributed by atoms with E-state index in [9.17, 15) is 14.4 Å². The Balaban J connectivity index is 2.11. The van der Waals surface area contributed by atoms with Gasteiger partial charge in [0.15, 0.2) is 5.78 Å². The van der Waals surface area contributed by atoms with Gasteiger partial charge in [-0.05, 0) is 29.8 Å². The maximum absolute atomic E-state index is 12.4. The Morgan fingerprint density at radius 2 is 1.91 bits per heavy atom. The molecule has 0 aliphatic heterocycles. The molecule has 0 fully saturated rings. The van der Waals surface area contributed by atoms with Gasteiger partial charge in [-0.25, -0.2) is 4.79 Å². The van der Waals surface area contributed by atoms with E-state index in [1.54, 1.807) is 31.3 Å². The molecule has 22 heavy (non-hydrogen) atoms. The summed E-state index contributed by atoms with van der Waals surface area (Å²) in [7, 11) is 2.98. The van der Waals surface area contributed by atoms with Crippen molar-refractivity contribution < 1.29 is 4.79 Å². The molecular weight excluding hydrogens is 304 g/mol. The summed E-state index contributed by atoms with van der Waals surface area (Å²) < 4.78 is 2.34. The minimum absolute atomic E-state index is 0.109. The van der Waals surface area contributed by atoms with E-state index in [4.69, 9.17) is 11.6 Å². The van der Waals surface area contributed by atoms with E-state index in [2.05, 4.69) is 0 Å². The van der Waals surface area contributed by atoms with Crippen LogP contribution in [0.2, 0.25) is 5.02 Å². The fraction of sp³-hybridized carbons (Fsp3) is 0.188. The van der Waals surface area contributed by atoms with Crippen molar-refractivity contribution in [1.82, 2.24) is 9.13 Å². The zero-order valence-electron chi connectivity index (χ0n) is 12.1. The Bertz CT molecular complexity index is 951. The number of benzene rings is 1. The maximum Gasteiger partial charge on any atom is 0.330 e. The average molecular weight is 317 g/mol. The van der Waals surface area contributed by atoms with E-state index in [0.717, 1.165) is 10.1 Å². The highest BCUT2D eigenvalue weighted by molar-refractivity contribution is 6.31. The predicted molar refractivity (Wildman–Crippen MR) is 84.4 cm³/mol. The molecular formula is C16H13ClN2O3. The Morgan fingerprint density at radius 3 is 2.64 bits per heavy atom. The summed E-state index contributed by atoms with van der Waals surface area (Å²) in [6.45, 7) is 0. The Morgan fingerprint density at radius 1 is 1.18 bits per heavy atom. The molecule has 1 aliphatic rings. The number of allylic oxidation sites excluding steroid dienone is 1. The summed E-state index contributed by atoms with van der Waals surface area (Å²) in [6, 6.07) is 5.13. The number of hydrogen-bond acceptors (Lipinski definition) is 3. The largest absolute Gasteiger partial charge is 0.330 e. The predicted octanol–water partition coefficient (Wildman–Crippen LogP) is 1.56. The fourth-order valence-electron chi connectivity index (χ4n) is 2.63. The molecule has 0 saturated carbocycles. The standard InChI is InChI=1S/C16H13ClN2O3/c1-18-8-11(15(21)19(2)16(18)22)6-10-5-9-7-12(17)3-4-13(9)14(10)20/h3-4,6-8H,5H2,1-2H3. The van der Waals surface area contributed by atoms with Gasteiger partial charge >= 0.3 is 5.69 Å². The van der Waals surface area contributed by atoms with Crippen molar-refractivity contribution in [2.45, 2.75) is 6.42 Å². The lowest BCUT2D eigenvalue weighted by Gasteiger charge is -2.04. The second-order valence-electron chi connectivity index (χ2n) is 5.32. The van der Waals surface area contributed by atoms with Crippen LogP contribution >= 0.6 is 11.6 Å². The van der Waals surface area contributed by atoms with Crippen molar-refractivity contribution in [1.29, 1.82) is 0 Å². The lowest BCUT2D eigenvalue weighted by molar-refractivity contribution is 0.104. The molecule has 0 atom stereocenters. The molecule has 0 spiro atoms. The average Bonchev–Trinajstić information content (AvgIpc) is 2.78. The third-order valence-electron chi connectivity index (χ3n) is 3.79. The number of hydrogen-bond donors (Lipinski definition) is 0. The molecule has 1 heterocycles. The van der Waals surface area contributed by atoms with E-state index >= 15 is 0 Å². The van der Waals surface area contributed by atoms with Crippen LogP contribution in [0.1, 0.15) is 21.5 Å². The molecule has 5 nitrogen and oxygen atoms in total. The van der Waals surface area contributed by atoms with Gasteiger partial charge in [0.05, 0.1) is 5.56 Å². The van der Waals surface area contributed by atoms with E-state index in [-0.39, 0.29) is 5.78 Å². The van der Waals surface area contributed by atoms with Gasteiger partial charge in [-0.3, -0.25) is 14.2 Å². The number of carbonyl (C=O) groups is 1. The van der Waals surface area contributed by atoms with Gasteiger partial charge in [-0.1, -0.05) is 11.6 Å². The summed E-state index contributed by atoms with van der Waals surface area (Å²) in [5.41, 5.74) is 1.47. The van der Waals surface area contributed by atoms with Crippen molar-refractivity contribution >= 4 is 23.5 Å². The second-order valence-corrected chi connectivity index (χ2v) is 5.76. The van der Waals surface area contributed by atoms with E-state index < -0.39 is 11.2 Å². The number of aromatic nitrogens is 2. The number of fused-ring (bicyclic) bond motifs is 1. The molecule has 2 aromatic rings. The number of rotatable bonds is 1. The lowest BCUT2D eigenvalue weighted by atomic mass is 10.1. The first-order valence-corrected chi connectivity index (χ1v) is 7.06. The number of aryl methyl sites for hydroxylation is 1. The summed E-state index contributed by atoms with van der Waals surface area (Å²) in [5, 5.41) is 0.575. The van der Waals surface area contributed by atoms with Crippen LogP contribution in [0.3, 0.4) is 0 Å². The fourth-order valence-corrected chi connectivity index (χ4v) is 2.82. The highest BCUT2D eigenvalue weighted by Gasteiger charge is 2.25. The number of carbonyl (C=O) groups excluding carboxylic acids is 1. The zero-order valence-corrected chi connectivity index (χ0v) is 12.8. The van der Waals surface area contributed by atoms with Gasteiger partial charge in [0.1, 0.15) is 0 Å². The van der Waals surface area contributed by atoms with Crippen LogP contribution in [0.15, 0.2) is 39.6 Å². The van der Waals surface area contributed by atoms with Gasteiger partial charge in [-0.15, -0.1) is 0 Å². The normalized spacial score (nSPS) is 15.4. The molecule has 1 aromatic heterocycles. The molecule has 1 aliphatic carbocycles. The van der Waals surface area contributed by atoms with Gasteiger partial charge in [-0.2, -0.15) is 0 Å². The number of Topliss-reactive ketones (excluding diaryl/α,β-unsaturated/α-hetero) is 1. The van der Waals surface area contributed by atoms with Crippen molar-refractivity contribution in [2.24, 2.45) is 14.1 Å². The van der Waals surface area contributed by atoms with Gasteiger partial charge < -0.3 is 4.57 Å². The lowest BCUT2D eigenvalue weighted by Crippen LogP contribution is -2.37. The molecule has 0 saturated heterocycles. The maximum atomic E-state index is 12.4. The van der Waals surface area contributed by atoms with Crippen LogP contribution in [-0.2, 0) is 20.5 Å². The quantitative estimate of drug-likeness (QED) is 0.750. The summed E-state index contributed by atoms with van der Waals surface area (Å²) in [4.78, 5) is 36.2. The highest BCUT2D eigenvalue weighted by Crippen LogP contribution is 2.29. The Hall–Kier alpha value is -2.40. The smallest absolute Gasteiger partial charge is 0.303 e. The minimum atomic E-state index is -0.419. The SMILES string of the molecule is Cn1cc(C=C2Cc3cc(Cl)ccc3C2=O)c(=O)n(C)c1=O. The first-order valence-electron chi connectivity index (χ1n) is 6.69. The van der Waals surface area contributed by atoms with Gasteiger partial charge in [0.25, 0.3) is 5.56 Å². The number of halogens is 1. The molecule has 0 amide bonds. The third-order valence-corrected chi connectivity index (χ3v) is 4.02. The van der Waals surface area contributed by atoms with Crippen LogP contribution in [0.5, 0.6) is 0 Å². The van der Waals surface area contributed by atoms with E-state index in [0.29, 0.717) is 28.1 Å². The number of nitrogens with zero attached hydrogens (tertiary/aromatic N) is 2. The molecule has 112 valence electrons. The van der Waals surface area contributed by atoms with Crippen molar-refractivity contribution in [2.75, 3.05) is 0 Å². The van der Waals surface area contributed by atoms with Crippen LogP contribution in [0, 0.1) is 0 Å². The first-order chi connectivity index (χ1) is 10.4. The van der Waals surface area contributed by atoms with Crippen LogP contribution in [0.25, 0.3) is 6.08 Å². The molecule has 6 heteroatoms. The summed E-state index contributed by atoms with van der Waals surface area (Å²) in [5.74, 6) is -0.109. The summed E-state index contributed by atoms with van der Waals surface area (Å²) >= 11 is 5.94. The van der Waals surface area contributed by atoms with Gasteiger partial charge in [0, 0.05) is 42.9 Å². The highest BCUT2D eigenvalue weighted by atomic mass is 35.5. The zero-order chi connectivity index (χ0) is 16.0. The summed E-state index contributed by atoms with van der Waals surface area (Å²) in [6.07, 6.45) is 3.43. The van der Waals surface area contributed by atoms with E-state index in [1.807, 2.05) is 0 Å². The molecule has 1 aromatic carbocycles. The minimum Gasteiger partial charge on any atom is -0.303 e. The Labute approximate surface area is 131 Å². The number of ketones is 1. The van der Waals surface area contributed by atoms with Crippen LogP contribution in [0.4, 0.5) is 0 Å². The molecule has 0 N–H and O–H groups in total. The molecule has 3 rings (SSSR count). The van der Waals surface area contributed by atoms with Crippen molar-refractivity contribution in [3.05, 3.63) is 72.5 Å². The third kappa shape index (κ3) is 2.23. The first kappa shape index (κ1) is 14.5. The molecule has 0 radical (unpaired) electrons. The molecule has 0 bridgehead atoms. The Kier molecular flexibility index (Phi) is 3.37. The van der Waals surface area contributed by atoms with E-state index in [1.165, 1.54) is 17.8 Å². The second kappa shape index (κ2) is 5.10. The molecule has 0 unspecified atom stereocenters. The van der Waals surface area contributed by atoms with Crippen molar-refractivity contribution in [3.8, 4) is 0 Å².